The van der Waals surface area contributed by atoms with Crippen molar-refractivity contribution in [2.24, 2.45) is 0 Å². The monoisotopic (exact) mass is 362 g/mol. The van der Waals surface area contributed by atoms with Crippen LogP contribution in [0, 0.1) is 0 Å². The highest BCUT2D eigenvalue weighted by Gasteiger charge is 2.25. The van der Waals surface area contributed by atoms with Gasteiger partial charge in [0.05, 0.1) is 13.7 Å². The summed E-state index contributed by atoms with van der Waals surface area (Å²) in [4.78, 5) is 26.0. The molecule has 26 heavy (non-hydrogen) atoms. The molecule has 1 aliphatic rings. The summed E-state index contributed by atoms with van der Waals surface area (Å²) in [5, 5.41) is 3.32. The molecule has 0 saturated carbocycles. The number of carbonyl (C=O) groups excluding carboxylic acids is 2. The highest BCUT2D eigenvalue weighted by atomic mass is 16.5. The van der Waals surface area contributed by atoms with Crippen molar-refractivity contribution in [1.82, 2.24) is 10.2 Å². The highest BCUT2D eigenvalue weighted by molar-refractivity contribution is 5.94. The summed E-state index contributed by atoms with van der Waals surface area (Å²) in [6.45, 7) is 6.74. The zero-order valence-electron chi connectivity index (χ0n) is 16.0. The molecule has 2 rings (SSSR count). The Morgan fingerprint density at radius 3 is 2.73 bits per heavy atom. The second kappa shape index (κ2) is 10.2. The summed E-state index contributed by atoms with van der Waals surface area (Å²) < 4.78 is 11.1. The van der Waals surface area contributed by atoms with E-state index < -0.39 is 0 Å². The van der Waals surface area contributed by atoms with Gasteiger partial charge in [-0.25, -0.2) is 0 Å². The summed E-state index contributed by atoms with van der Waals surface area (Å²) in [6.07, 6.45) is 3.13. The van der Waals surface area contributed by atoms with Gasteiger partial charge in [-0.3, -0.25) is 9.59 Å². The van der Waals surface area contributed by atoms with Crippen LogP contribution in [0.25, 0.3) is 0 Å². The third-order valence-corrected chi connectivity index (χ3v) is 4.62. The van der Waals surface area contributed by atoms with Crippen LogP contribution in [0.2, 0.25) is 0 Å². The first-order chi connectivity index (χ1) is 12.6. The number of ether oxygens (including phenoxy) is 2. The predicted octanol–water partition coefficient (Wildman–Crippen LogP) is 2.66. The van der Waals surface area contributed by atoms with Gasteiger partial charge in [-0.1, -0.05) is 6.92 Å². The first-order valence-electron chi connectivity index (χ1n) is 9.38. The molecule has 0 radical (unpaired) electrons. The lowest BCUT2D eigenvalue weighted by Crippen LogP contribution is -2.42. The molecule has 144 valence electrons. The van der Waals surface area contributed by atoms with Crippen LogP contribution in [-0.2, 0) is 4.79 Å². The number of carbonyl (C=O) groups is 2. The number of amides is 1. The van der Waals surface area contributed by atoms with E-state index in [9.17, 15) is 9.59 Å². The van der Waals surface area contributed by atoms with E-state index in [0.717, 1.165) is 32.5 Å². The minimum atomic E-state index is -0.0159. The number of rotatable bonds is 10. The molecule has 0 aromatic heterocycles. The van der Waals surface area contributed by atoms with Gasteiger partial charge in [0.15, 0.2) is 17.3 Å². The van der Waals surface area contributed by atoms with Crippen LogP contribution >= 0.6 is 0 Å². The van der Waals surface area contributed by atoms with Crippen molar-refractivity contribution in [3.63, 3.8) is 0 Å². The molecule has 0 aliphatic carbocycles. The SMILES string of the molecule is CCCN(C(=O)CCCOc1ccc(C(C)=O)cc1OC)C1CCNC1. The largest absolute Gasteiger partial charge is 0.493 e. The molecule has 0 spiro atoms. The Hall–Kier alpha value is -2.08. The van der Waals surface area contributed by atoms with E-state index in [0.29, 0.717) is 42.6 Å². The van der Waals surface area contributed by atoms with Crippen molar-refractivity contribution in [2.45, 2.75) is 45.6 Å². The normalized spacial score (nSPS) is 16.3. The van der Waals surface area contributed by atoms with Crippen LogP contribution in [0.5, 0.6) is 11.5 Å². The number of hydrogen-bond donors (Lipinski definition) is 1. The lowest BCUT2D eigenvalue weighted by Gasteiger charge is -2.28. The van der Waals surface area contributed by atoms with Gasteiger partial charge in [0.1, 0.15) is 0 Å². The van der Waals surface area contributed by atoms with Gasteiger partial charge < -0.3 is 19.7 Å². The number of nitrogens with zero attached hydrogens (tertiary/aromatic N) is 1. The molecule has 0 bridgehead atoms. The third kappa shape index (κ3) is 5.46. The van der Waals surface area contributed by atoms with E-state index >= 15 is 0 Å². The minimum Gasteiger partial charge on any atom is -0.493 e. The smallest absolute Gasteiger partial charge is 0.222 e. The fraction of sp³-hybridized carbons (Fsp3) is 0.600. The topological polar surface area (TPSA) is 67.9 Å². The van der Waals surface area contributed by atoms with Gasteiger partial charge >= 0.3 is 0 Å². The number of Topliss-reactive ketones (excluding diaryl/α,β-unsaturated/α-hetero) is 1. The number of benzene rings is 1. The molecule has 1 unspecified atom stereocenters. The molecule has 1 N–H and O–H groups in total. The quantitative estimate of drug-likeness (QED) is 0.512. The first kappa shape index (κ1) is 20.2. The molecular weight excluding hydrogens is 332 g/mol. The highest BCUT2D eigenvalue weighted by Crippen LogP contribution is 2.28. The van der Waals surface area contributed by atoms with E-state index in [4.69, 9.17) is 9.47 Å². The van der Waals surface area contributed by atoms with Crippen LogP contribution in [0.4, 0.5) is 0 Å². The summed E-state index contributed by atoms with van der Waals surface area (Å²) in [6, 6.07) is 5.47. The summed E-state index contributed by atoms with van der Waals surface area (Å²) in [5.74, 6) is 1.31. The Morgan fingerprint density at radius 1 is 1.31 bits per heavy atom. The van der Waals surface area contributed by atoms with Crippen LogP contribution in [0.1, 0.15) is 49.9 Å². The summed E-state index contributed by atoms with van der Waals surface area (Å²) in [5.41, 5.74) is 0.588. The third-order valence-electron chi connectivity index (χ3n) is 4.62. The van der Waals surface area contributed by atoms with E-state index in [1.54, 1.807) is 25.3 Å². The van der Waals surface area contributed by atoms with Gasteiger partial charge in [0.25, 0.3) is 0 Å². The average Bonchev–Trinajstić information content (AvgIpc) is 3.17. The average molecular weight is 362 g/mol. The Kier molecular flexibility index (Phi) is 7.91. The molecule has 1 fully saturated rings. The summed E-state index contributed by atoms with van der Waals surface area (Å²) >= 11 is 0. The van der Waals surface area contributed by atoms with Crippen molar-refractivity contribution in [3.05, 3.63) is 23.8 Å². The molecule has 1 aromatic carbocycles. The van der Waals surface area contributed by atoms with E-state index in [1.807, 2.05) is 4.90 Å². The number of hydrogen-bond acceptors (Lipinski definition) is 5. The second-order valence-electron chi connectivity index (χ2n) is 6.61. The van der Waals surface area contributed by atoms with Crippen molar-refractivity contribution in [2.75, 3.05) is 33.4 Å². The first-order valence-corrected chi connectivity index (χ1v) is 9.38. The van der Waals surface area contributed by atoms with Crippen molar-refractivity contribution < 1.29 is 19.1 Å². The Morgan fingerprint density at radius 2 is 2.12 bits per heavy atom. The van der Waals surface area contributed by atoms with E-state index in [2.05, 4.69) is 12.2 Å². The van der Waals surface area contributed by atoms with Gasteiger partial charge in [-0.2, -0.15) is 0 Å². The maximum Gasteiger partial charge on any atom is 0.222 e. The maximum atomic E-state index is 12.6. The fourth-order valence-electron chi connectivity index (χ4n) is 3.21. The van der Waals surface area contributed by atoms with Crippen LogP contribution in [-0.4, -0.2) is 56.0 Å². The Bertz CT molecular complexity index is 612. The predicted molar refractivity (Wildman–Crippen MR) is 101 cm³/mol. The minimum absolute atomic E-state index is 0.0159. The molecule has 1 aromatic rings. The maximum absolute atomic E-state index is 12.6. The molecule has 1 atom stereocenters. The van der Waals surface area contributed by atoms with Crippen molar-refractivity contribution in [3.8, 4) is 11.5 Å². The zero-order valence-corrected chi connectivity index (χ0v) is 16.0. The number of nitrogens with one attached hydrogen (secondary N) is 1. The van der Waals surface area contributed by atoms with Gasteiger partial charge in [0.2, 0.25) is 5.91 Å². The van der Waals surface area contributed by atoms with Gasteiger partial charge in [-0.15, -0.1) is 0 Å². The van der Waals surface area contributed by atoms with Crippen LogP contribution < -0.4 is 14.8 Å². The molecular formula is C20H30N2O4. The molecule has 6 nitrogen and oxygen atoms in total. The van der Waals surface area contributed by atoms with Crippen LogP contribution in [0.3, 0.4) is 0 Å². The molecule has 1 saturated heterocycles. The molecule has 1 amide bonds. The molecule has 6 heteroatoms. The van der Waals surface area contributed by atoms with Crippen molar-refractivity contribution >= 4 is 11.7 Å². The lowest BCUT2D eigenvalue weighted by molar-refractivity contribution is -0.133. The Balaban J connectivity index is 1.83. The van der Waals surface area contributed by atoms with Gasteiger partial charge in [-0.05, 0) is 50.9 Å². The van der Waals surface area contributed by atoms with E-state index in [1.165, 1.54) is 6.92 Å². The standard InChI is InChI=1S/C20H30N2O4/c1-4-11-22(17-9-10-21-14-17)20(24)6-5-12-26-18-8-7-16(15(2)23)13-19(18)25-3/h7-8,13,17,21H,4-6,9-12,14H2,1-3H3. The fourth-order valence-corrected chi connectivity index (χ4v) is 3.21. The second-order valence-corrected chi connectivity index (χ2v) is 6.61. The number of methoxy groups -OCH3 is 1. The lowest BCUT2D eigenvalue weighted by atomic mass is 10.1. The number of ketones is 1. The van der Waals surface area contributed by atoms with Crippen LogP contribution in [0.15, 0.2) is 18.2 Å². The van der Waals surface area contributed by atoms with Crippen molar-refractivity contribution in [1.29, 1.82) is 0 Å². The summed E-state index contributed by atoms with van der Waals surface area (Å²) in [7, 11) is 1.55. The zero-order chi connectivity index (χ0) is 18.9. The Labute approximate surface area is 155 Å². The van der Waals surface area contributed by atoms with E-state index in [-0.39, 0.29) is 11.7 Å². The van der Waals surface area contributed by atoms with Gasteiger partial charge in [0, 0.05) is 31.1 Å². The molecule has 1 heterocycles. The molecule has 1 aliphatic heterocycles.